The Balaban J connectivity index is 1.79. The summed E-state index contributed by atoms with van der Waals surface area (Å²) in [6.45, 7) is -0.00981. The number of halogens is 2. The Morgan fingerprint density at radius 2 is 2.36 bits per heavy atom. The number of hydrogen-bond donors (Lipinski definition) is 1. The lowest BCUT2D eigenvalue weighted by molar-refractivity contribution is -0.117. The number of imidazole rings is 1. The maximum Gasteiger partial charge on any atom is 0.256 e. The van der Waals surface area contributed by atoms with Crippen molar-refractivity contribution in [2.75, 3.05) is 26.8 Å². The van der Waals surface area contributed by atoms with Crippen LogP contribution in [0.4, 0.5) is 8.78 Å². The van der Waals surface area contributed by atoms with Crippen molar-refractivity contribution in [3.8, 4) is 0 Å². The first-order valence-electron chi connectivity index (χ1n) is 7.10. The highest BCUT2D eigenvalue weighted by molar-refractivity contribution is 5.97. The van der Waals surface area contributed by atoms with Crippen LogP contribution in [0.25, 0.3) is 11.0 Å². The molecule has 5 nitrogen and oxygen atoms in total. The molecule has 3 rings (SSSR count). The molecule has 0 bridgehead atoms. The first-order chi connectivity index (χ1) is 10.5. The van der Waals surface area contributed by atoms with Crippen LogP contribution in [-0.2, 0) is 4.74 Å². The summed E-state index contributed by atoms with van der Waals surface area (Å²) in [5.74, 6) is -4.00. The summed E-state index contributed by atoms with van der Waals surface area (Å²) in [4.78, 5) is 21.0. The fourth-order valence-corrected chi connectivity index (χ4v) is 2.79. The van der Waals surface area contributed by atoms with Gasteiger partial charge in [-0.25, -0.2) is 13.8 Å². The molecule has 0 aliphatic carbocycles. The SMILES string of the molecule is COCC1CN(C(=O)c2ccc3nc[nH]c3c2)CCC1(F)F. The van der Waals surface area contributed by atoms with Crippen molar-refractivity contribution < 1.29 is 18.3 Å². The molecule has 22 heavy (non-hydrogen) atoms. The number of amides is 1. The van der Waals surface area contributed by atoms with Gasteiger partial charge in [0.1, 0.15) is 0 Å². The van der Waals surface area contributed by atoms with Gasteiger partial charge in [0.2, 0.25) is 0 Å². The predicted octanol–water partition coefficient (Wildman–Crippen LogP) is 2.31. The Labute approximate surface area is 126 Å². The zero-order valence-electron chi connectivity index (χ0n) is 12.2. The molecule has 1 saturated heterocycles. The average Bonchev–Trinajstić information content (AvgIpc) is 2.96. The number of aromatic amines is 1. The number of carbonyl (C=O) groups is 1. The lowest BCUT2D eigenvalue weighted by Gasteiger charge is -2.38. The van der Waals surface area contributed by atoms with Crippen LogP contribution >= 0.6 is 0 Å². The van der Waals surface area contributed by atoms with E-state index in [1.165, 1.54) is 12.0 Å². The summed E-state index contributed by atoms with van der Waals surface area (Å²) in [7, 11) is 1.39. The maximum absolute atomic E-state index is 13.8. The molecule has 118 valence electrons. The average molecular weight is 309 g/mol. The molecule has 0 saturated carbocycles. The van der Waals surface area contributed by atoms with E-state index in [1.807, 2.05) is 0 Å². The molecule has 2 aromatic rings. The number of nitrogens with zero attached hydrogens (tertiary/aromatic N) is 2. The van der Waals surface area contributed by atoms with E-state index < -0.39 is 11.8 Å². The van der Waals surface area contributed by atoms with Crippen molar-refractivity contribution in [1.29, 1.82) is 0 Å². The topological polar surface area (TPSA) is 58.2 Å². The summed E-state index contributed by atoms with van der Waals surface area (Å²) >= 11 is 0. The molecule has 1 aliphatic rings. The highest BCUT2D eigenvalue weighted by atomic mass is 19.3. The van der Waals surface area contributed by atoms with Gasteiger partial charge in [-0.3, -0.25) is 4.79 Å². The molecule has 1 N–H and O–H groups in total. The number of likely N-dealkylation sites (tertiary alicyclic amines) is 1. The van der Waals surface area contributed by atoms with E-state index in [1.54, 1.807) is 24.5 Å². The van der Waals surface area contributed by atoms with Gasteiger partial charge < -0.3 is 14.6 Å². The molecule has 1 fully saturated rings. The molecular formula is C15H17F2N3O2. The number of alkyl halides is 2. The van der Waals surface area contributed by atoms with Crippen LogP contribution in [0.3, 0.4) is 0 Å². The molecule has 1 atom stereocenters. The molecule has 0 radical (unpaired) electrons. The predicted molar refractivity (Wildman–Crippen MR) is 76.9 cm³/mol. The second kappa shape index (κ2) is 5.64. The first kappa shape index (κ1) is 14.9. The third-order valence-electron chi connectivity index (χ3n) is 4.08. The van der Waals surface area contributed by atoms with Crippen molar-refractivity contribution in [3.63, 3.8) is 0 Å². The van der Waals surface area contributed by atoms with E-state index in [2.05, 4.69) is 9.97 Å². The number of fused-ring (bicyclic) bond motifs is 1. The van der Waals surface area contributed by atoms with E-state index in [4.69, 9.17) is 4.74 Å². The minimum atomic E-state index is -2.79. The maximum atomic E-state index is 13.8. The first-order valence-corrected chi connectivity index (χ1v) is 7.10. The number of nitrogens with one attached hydrogen (secondary N) is 1. The normalized spacial score (nSPS) is 21.2. The van der Waals surface area contributed by atoms with Crippen molar-refractivity contribution >= 4 is 16.9 Å². The molecular weight excluding hydrogens is 292 g/mol. The van der Waals surface area contributed by atoms with Crippen LogP contribution in [0, 0.1) is 5.92 Å². The monoisotopic (exact) mass is 309 g/mol. The smallest absolute Gasteiger partial charge is 0.256 e. The number of benzene rings is 1. The molecule has 1 amide bonds. The van der Waals surface area contributed by atoms with Crippen molar-refractivity contribution in [2.24, 2.45) is 5.92 Å². The minimum absolute atomic E-state index is 0.000681. The standard InChI is InChI=1S/C15H17F2N3O2/c1-22-8-11-7-20(5-4-15(11,16)17)14(21)10-2-3-12-13(6-10)19-9-18-12/h2-3,6,9,11H,4-5,7-8H2,1H3,(H,18,19). The van der Waals surface area contributed by atoms with Crippen LogP contribution in [0.15, 0.2) is 24.5 Å². The fourth-order valence-electron chi connectivity index (χ4n) is 2.79. The number of H-pyrrole nitrogens is 1. The zero-order chi connectivity index (χ0) is 15.7. The van der Waals surface area contributed by atoms with Gasteiger partial charge in [0, 0.05) is 32.2 Å². The second-order valence-electron chi connectivity index (χ2n) is 5.55. The van der Waals surface area contributed by atoms with Gasteiger partial charge >= 0.3 is 0 Å². The van der Waals surface area contributed by atoms with Crippen LogP contribution < -0.4 is 0 Å². The molecule has 0 spiro atoms. The van der Waals surface area contributed by atoms with Gasteiger partial charge in [0.25, 0.3) is 11.8 Å². The summed E-state index contributed by atoms with van der Waals surface area (Å²) < 4.78 is 32.5. The van der Waals surface area contributed by atoms with Crippen molar-refractivity contribution in [1.82, 2.24) is 14.9 Å². The fraction of sp³-hybridized carbons (Fsp3) is 0.467. The number of ether oxygens (including phenoxy) is 1. The summed E-state index contributed by atoms with van der Waals surface area (Å²) in [5.41, 5.74) is 1.98. The van der Waals surface area contributed by atoms with E-state index in [9.17, 15) is 13.6 Å². The van der Waals surface area contributed by atoms with Gasteiger partial charge in [0.05, 0.1) is 29.9 Å². The highest BCUT2D eigenvalue weighted by Gasteiger charge is 2.45. The zero-order valence-corrected chi connectivity index (χ0v) is 12.2. The van der Waals surface area contributed by atoms with Gasteiger partial charge in [-0.2, -0.15) is 0 Å². The van der Waals surface area contributed by atoms with E-state index >= 15 is 0 Å². The lowest BCUT2D eigenvalue weighted by Crippen LogP contribution is -2.50. The Morgan fingerprint density at radius 3 is 3.14 bits per heavy atom. The molecule has 1 aliphatic heterocycles. The Hall–Kier alpha value is -2.02. The molecule has 7 heteroatoms. The number of hydrogen-bond acceptors (Lipinski definition) is 3. The molecule has 1 aromatic heterocycles. The summed E-state index contributed by atoms with van der Waals surface area (Å²) in [6, 6.07) is 5.11. The third kappa shape index (κ3) is 2.68. The van der Waals surface area contributed by atoms with Crippen molar-refractivity contribution in [3.05, 3.63) is 30.1 Å². The van der Waals surface area contributed by atoms with Gasteiger partial charge in [-0.05, 0) is 18.2 Å². The second-order valence-corrected chi connectivity index (χ2v) is 5.55. The van der Waals surface area contributed by atoms with Crippen LogP contribution in [0.2, 0.25) is 0 Å². The lowest BCUT2D eigenvalue weighted by atomic mass is 9.93. The number of rotatable bonds is 3. The van der Waals surface area contributed by atoms with Gasteiger partial charge in [0.15, 0.2) is 0 Å². The summed E-state index contributed by atoms with van der Waals surface area (Å²) in [6.07, 6.45) is 1.22. The number of aromatic nitrogens is 2. The number of carbonyl (C=O) groups excluding carboxylic acids is 1. The van der Waals surface area contributed by atoms with E-state index in [0.717, 1.165) is 11.0 Å². The van der Waals surface area contributed by atoms with Crippen LogP contribution in [0.1, 0.15) is 16.8 Å². The number of piperidine rings is 1. The Kier molecular flexibility index (Phi) is 3.82. The minimum Gasteiger partial charge on any atom is -0.384 e. The Morgan fingerprint density at radius 1 is 1.55 bits per heavy atom. The largest absolute Gasteiger partial charge is 0.384 e. The van der Waals surface area contributed by atoms with Crippen LogP contribution in [-0.4, -0.2) is 53.5 Å². The summed E-state index contributed by atoms with van der Waals surface area (Å²) in [5, 5.41) is 0. The highest BCUT2D eigenvalue weighted by Crippen LogP contribution is 2.34. The van der Waals surface area contributed by atoms with Crippen molar-refractivity contribution in [2.45, 2.75) is 12.3 Å². The quantitative estimate of drug-likeness (QED) is 0.946. The van der Waals surface area contributed by atoms with Crippen LogP contribution in [0.5, 0.6) is 0 Å². The Bertz CT molecular complexity index is 686. The number of methoxy groups -OCH3 is 1. The van der Waals surface area contributed by atoms with Gasteiger partial charge in [-0.15, -0.1) is 0 Å². The van der Waals surface area contributed by atoms with Gasteiger partial charge in [-0.1, -0.05) is 0 Å². The van der Waals surface area contributed by atoms with E-state index in [-0.39, 0.29) is 32.0 Å². The molecule has 1 unspecified atom stereocenters. The molecule has 1 aromatic carbocycles. The van der Waals surface area contributed by atoms with E-state index in [0.29, 0.717) is 5.56 Å². The third-order valence-corrected chi connectivity index (χ3v) is 4.08. The molecule has 2 heterocycles.